The van der Waals surface area contributed by atoms with Crippen LogP contribution in [0.2, 0.25) is 0 Å². The van der Waals surface area contributed by atoms with Crippen LogP contribution in [0.4, 0.5) is 0 Å². The predicted octanol–water partition coefficient (Wildman–Crippen LogP) is 1.13. The molecule has 116 valence electrons. The Morgan fingerprint density at radius 3 is 2.59 bits per heavy atom. The van der Waals surface area contributed by atoms with Crippen molar-refractivity contribution in [3.05, 3.63) is 43.3 Å². The zero-order valence-electron chi connectivity index (χ0n) is 11.7. The fraction of sp³-hybridized carbons (Fsp3) is 0.308. The molecule has 9 heteroatoms. The summed E-state index contributed by atoms with van der Waals surface area (Å²) in [6.07, 6.45) is 1.00. The van der Waals surface area contributed by atoms with Crippen molar-refractivity contribution in [3.8, 4) is 0 Å². The van der Waals surface area contributed by atoms with Crippen LogP contribution in [0, 0.1) is 10.1 Å². The summed E-state index contributed by atoms with van der Waals surface area (Å²) in [5, 5.41) is 11.2. The molecule has 0 aromatic rings. The van der Waals surface area contributed by atoms with Gasteiger partial charge >= 0.3 is 11.7 Å². The van der Waals surface area contributed by atoms with E-state index in [1.165, 1.54) is 30.0 Å². The monoisotopic (exact) mass is 370 g/mol. The lowest BCUT2D eigenvalue weighted by Gasteiger charge is -2.21. The van der Waals surface area contributed by atoms with E-state index >= 15 is 0 Å². The van der Waals surface area contributed by atoms with Crippen molar-refractivity contribution in [2.75, 3.05) is 13.7 Å². The Balaban J connectivity index is 3.39. The first-order chi connectivity index (χ1) is 10.4. The van der Waals surface area contributed by atoms with Gasteiger partial charge in [0.05, 0.1) is 17.1 Å². The van der Waals surface area contributed by atoms with Crippen molar-refractivity contribution < 1.29 is 24.0 Å². The minimum Gasteiger partial charge on any atom is -0.462 e. The fourth-order valence-corrected chi connectivity index (χ4v) is 2.40. The van der Waals surface area contributed by atoms with Crippen LogP contribution >= 0.6 is 15.9 Å². The van der Waals surface area contributed by atoms with Gasteiger partial charge in [0.25, 0.3) is 0 Å². The molecular weight excluding hydrogens is 360 g/mol. The molecule has 1 aliphatic rings. The number of ether oxygens (including phenoxy) is 1. The first kappa shape index (κ1) is 17.6. The molecule has 0 spiro atoms. The highest BCUT2D eigenvalue weighted by atomic mass is 79.9. The van der Waals surface area contributed by atoms with Crippen LogP contribution in [-0.4, -0.2) is 41.3 Å². The molecule has 0 unspecified atom stereocenters. The Kier molecular flexibility index (Phi) is 6.00. The van der Waals surface area contributed by atoms with E-state index in [9.17, 15) is 24.5 Å². The minimum absolute atomic E-state index is 0.00662. The Morgan fingerprint density at radius 2 is 2.14 bits per heavy atom. The number of esters is 1. The van der Waals surface area contributed by atoms with Gasteiger partial charge in [-0.15, -0.1) is 0 Å². The number of hydrogen-bond acceptors (Lipinski definition) is 7. The number of nitrogens with zero attached hydrogens (tertiary/aromatic N) is 2. The summed E-state index contributed by atoms with van der Waals surface area (Å²) in [4.78, 5) is 45.2. The average molecular weight is 371 g/mol. The largest absolute Gasteiger partial charge is 0.462 e. The Morgan fingerprint density at radius 1 is 1.50 bits per heavy atom. The van der Waals surface area contributed by atoms with E-state index in [1.807, 2.05) is 0 Å². The van der Waals surface area contributed by atoms with E-state index in [2.05, 4.69) is 20.7 Å². The van der Waals surface area contributed by atoms with Crippen molar-refractivity contribution in [3.63, 3.8) is 0 Å². The molecule has 0 atom stereocenters. The SMILES string of the molecule is CCOC(=O)C(=C=O)CC1=C([N+](=O)[O-])C(=C=O)N(C)C=C1Br. The van der Waals surface area contributed by atoms with Gasteiger partial charge in [-0.05, 0) is 22.9 Å². The maximum absolute atomic E-state index is 11.6. The molecule has 0 amide bonds. The highest BCUT2D eigenvalue weighted by Crippen LogP contribution is 2.35. The molecule has 0 saturated heterocycles. The first-order valence-corrected chi connectivity index (χ1v) is 6.81. The molecule has 0 bridgehead atoms. The third-order valence-electron chi connectivity index (χ3n) is 2.74. The van der Waals surface area contributed by atoms with Crippen molar-refractivity contribution >= 4 is 33.8 Å². The predicted molar refractivity (Wildman–Crippen MR) is 78.5 cm³/mol. The Bertz CT molecular complexity index is 681. The zero-order valence-corrected chi connectivity index (χ0v) is 13.3. The molecule has 1 heterocycles. The summed E-state index contributed by atoms with van der Waals surface area (Å²) in [5.74, 6) is 2.00. The molecule has 0 N–H and O–H groups in total. The molecular formula is C13H11BrN2O6. The summed E-state index contributed by atoms with van der Waals surface area (Å²) in [5.41, 5.74) is -1.26. The van der Waals surface area contributed by atoms with E-state index < -0.39 is 28.6 Å². The van der Waals surface area contributed by atoms with Crippen LogP contribution < -0.4 is 0 Å². The lowest BCUT2D eigenvalue weighted by Crippen LogP contribution is -2.24. The molecule has 22 heavy (non-hydrogen) atoms. The van der Waals surface area contributed by atoms with Gasteiger partial charge in [-0.3, -0.25) is 10.1 Å². The molecule has 0 aromatic carbocycles. The molecule has 1 aliphatic heterocycles. The van der Waals surface area contributed by atoms with E-state index in [0.717, 1.165) is 0 Å². The number of rotatable bonds is 5. The van der Waals surface area contributed by atoms with Crippen LogP contribution in [0.3, 0.4) is 0 Å². The third kappa shape index (κ3) is 3.59. The lowest BCUT2D eigenvalue weighted by atomic mass is 10.0. The smallest absolute Gasteiger partial charge is 0.345 e. The van der Waals surface area contributed by atoms with Gasteiger partial charge < -0.3 is 9.64 Å². The number of nitro groups is 1. The van der Waals surface area contributed by atoms with Crippen LogP contribution in [0.25, 0.3) is 0 Å². The molecule has 8 nitrogen and oxygen atoms in total. The number of carbonyl (C=O) groups is 1. The number of likely N-dealkylation sites (N-methyl/N-ethyl adjacent to an activating group) is 1. The highest BCUT2D eigenvalue weighted by molar-refractivity contribution is 9.12. The summed E-state index contributed by atoms with van der Waals surface area (Å²) < 4.78 is 4.94. The van der Waals surface area contributed by atoms with Crippen molar-refractivity contribution in [1.82, 2.24) is 4.90 Å². The fourth-order valence-electron chi connectivity index (χ4n) is 1.77. The van der Waals surface area contributed by atoms with Crippen molar-refractivity contribution in [1.29, 1.82) is 0 Å². The third-order valence-corrected chi connectivity index (χ3v) is 3.42. The summed E-state index contributed by atoms with van der Waals surface area (Å²) in [6.45, 7) is 1.60. The second-order valence-electron chi connectivity index (χ2n) is 4.10. The van der Waals surface area contributed by atoms with Gasteiger partial charge in [0.15, 0.2) is 5.94 Å². The number of allylic oxidation sites excluding steroid dienone is 2. The first-order valence-electron chi connectivity index (χ1n) is 6.01. The summed E-state index contributed by atoms with van der Waals surface area (Å²) in [7, 11) is 1.43. The van der Waals surface area contributed by atoms with Crippen LogP contribution in [-0.2, 0) is 19.1 Å². The quantitative estimate of drug-likeness (QED) is 0.234. The van der Waals surface area contributed by atoms with Gasteiger partial charge in [-0.2, -0.15) is 0 Å². The summed E-state index contributed by atoms with van der Waals surface area (Å²) in [6, 6.07) is 0. The maximum atomic E-state index is 11.6. The van der Waals surface area contributed by atoms with E-state index in [-0.39, 0.29) is 22.4 Å². The summed E-state index contributed by atoms with van der Waals surface area (Å²) >= 11 is 3.13. The molecule has 0 saturated carbocycles. The number of hydrogen-bond donors (Lipinski definition) is 0. The molecule has 0 fully saturated rings. The second-order valence-corrected chi connectivity index (χ2v) is 4.96. The van der Waals surface area contributed by atoms with E-state index in [1.54, 1.807) is 6.92 Å². The van der Waals surface area contributed by atoms with Crippen LogP contribution in [0.15, 0.2) is 33.2 Å². The van der Waals surface area contributed by atoms with Gasteiger partial charge in [0.2, 0.25) is 5.70 Å². The van der Waals surface area contributed by atoms with Gasteiger partial charge in [0.1, 0.15) is 11.5 Å². The van der Waals surface area contributed by atoms with Crippen molar-refractivity contribution in [2.45, 2.75) is 13.3 Å². The normalized spacial score (nSPS) is 14.0. The van der Waals surface area contributed by atoms with Crippen LogP contribution in [0.1, 0.15) is 13.3 Å². The Hall–Kier alpha value is -2.47. The van der Waals surface area contributed by atoms with Crippen LogP contribution in [0.5, 0.6) is 0 Å². The minimum atomic E-state index is -0.913. The zero-order chi connectivity index (χ0) is 16.9. The molecule has 0 aliphatic carbocycles. The standard InChI is InChI=1S/C13H11BrN2O6/c1-3-22-13(19)8(6-17)4-9-10(14)5-15(2)11(7-18)12(9)16(20)21/h5H,3-4H2,1-2H3. The highest BCUT2D eigenvalue weighted by Gasteiger charge is 2.34. The maximum Gasteiger partial charge on any atom is 0.345 e. The van der Waals surface area contributed by atoms with Crippen molar-refractivity contribution in [2.24, 2.45) is 0 Å². The molecule has 0 radical (unpaired) electrons. The van der Waals surface area contributed by atoms with Gasteiger partial charge in [0, 0.05) is 24.2 Å². The van der Waals surface area contributed by atoms with Gasteiger partial charge in [-0.1, -0.05) is 0 Å². The number of carbonyl (C=O) groups excluding carboxylic acids is 3. The second kappa shape index (κ2) is 7.51. The lowest BCUT2D eigenvalue weighted by molar-refractivity contribution is -0.423. The average Bonchev–Trinajstić information content (AvgIpc) is 2.45. The molecule has 1 rings (SSSR count). The Labute approximate surface area is 133 Å². The topological polar surface area (TPSA) is 107 Å². The van der Waals surface area contributed by atoms with E-state index in [4.69, 9.17) is 0 Å². The molecule has 0 aromatic heterocycles. The number of halogens is 1. The van der Waals surface area contributed by atoms with Gasteiger partial charge in [-0.25, -0.2) is 14.4 Å². The van der Waals surface area contributed by atoms with E-state index in [0.29, 0.717) is 0 Å².